The molecule has 0 aliphatic rings. The van der Waals surface area contributed by atoms with Gasteiger partial charge in [0.1, 0.15) is 5.82 Å². The fourth-order valence-electron chi connectivity index (χ4n) is 1.47. The average Bonchev–Trinajstić information content (AvgIpc) is 2.13. The molecule has 5 nitrogen and oxygen atoms in total. The maximum Gasteiger partial charge on any atom is 0.305 e. The van der Waals surface area contributed by atoms with E-state index in [9.17, 15) is 17.6 Å². The third kappa shape index (κ3) is 4.08. The van der Waals surface area contributed by atoms with Crippen LogP contribution in [0.4, 0.5) is 4.39 Å². The summed E-state index contributed by atoms with van der Waals surface area (Å²) in [5, 5.41) is 8.67. The fraction of sp³-hybridized carbons (Fsp3) is 0.364. The topological polar surface area (TPSA) is 83.5 Å². The lowest BCUT2D eigenvalue weighted by Crippen LogP contribution is -2.44. The van der Waals surface area contributed by atoms with Gasteiger partial charge < -0.3 is 5.11 Å². The third-order valence-corrected chi connectivity index (χ3v) is 3.81. The molecule has 0 saturated carbocycles. The van der Waals surface area contributed by atoms with Gasteiger partial charge >= 0.3 is 5.97 Å². The molecular formula is C11H14FNO4S. The summed E-state index contributed by atoms with van der Waals surface area (Å²) in [6, 6.07) is 4.51. The van der Waals surface area contributed by atoms with Crippen LogP contribution in [-0.4, -0.2) is 25.0 Å². The molecular weight excluding hydrogens is 261 g/mol. The second-order valence-electron chi connectivity index (χ2n) is 4.52. The molecule has 0 heterocycles. The van der Waals surface area contributed by atoms with Gasteiger partial charge in [0.25, 0.3) is 0 Å². The molecule has 0 fully saturated rings. The Labute approximate surface area is 105 Å². The van der Waals surface area contributed by atoms with Crippen LogP contribution >= 0.6 is 0 Å². The van der Waals surface area contributed by atoms with Gasteiger partial charge in [-0.1, -0.05) is 6.07 Å². The Morgan fingerprint density at radius 1 is 1.44 bits per heavy atom. The molecule has 0 radical (unpaired) electrons. The summed E-state index contributed by atoms with van der Waals surface area (Å²) in [4.78, 5) is 10.4. The van der Waals surface area contributed by atoms with E-state index in [0.29, 0.717) is 0 Å². The van der Waals surface area contributed by atoms with Crippen molar-refractivity contribution in [2.24, 2.45) is 0 Å². The van der Waals surface area contributed by atoms with Gasteiger partial charge in [-0.15, -0.1) is 0 Å². The Morgan fingerprint density at radius 2 is 2.06 bits per heavy atom. The van der Waals surface area contributed by atoms with Crippen molar-refractivity contribution in [1.29, 1.82) is 0 Å². The van der Waals surface area contributed by atoms with Gasteiger partial charge in [0, 0.05) is 5.54 Å². The van der Waals surface area contributed by atoms with Crippen LogP contribution in [0.5, 0.6) is 0 Å². The summed E-state index contributed by atoms with van der Waals surface area (Å²) in [6.07, 6.45) is -0.373. The number of hydrogen-bond donors (Lipinski definition) is 2. The monoisotopic (exact) mass is 275 g/mol. The van der Waals surface area contributed by atoms with Gasteiger partial charge in [-0.05, 0) is 32.0 Å². The summed E-state index contributed by atoms with van der Waals surface area (Å²) >= 11 is 0. The van der Waals surface area contributed by atoms with Crippen molar-refractivity contribution >= 4 is 16.0 Å². The SMILES string of the molecule is CC(C)(CC(=O)O)NS(=O)(=O)c1cccc(F)c1. The fourth-order valence-corrected chi connectivity index (χ4v) is 2.91. The van der Waals surface area contributed by atoms with Crippen LogP contribution in [0.15, 0.2) is 29.2 Å². The smallest absolute Gasteiger partial charge is 0.305 e. The van der Waals surface area contributed by atoms with E-state index < -0.39 is 27.3 Å². The highest BCUT2D eigenvalue weighted by atomic mass is 32.2. The van der Waals surface area contributed by atoms with Crippen molar-refractivity contribution in [2.75, 3.05) is 0 Å². The first kappa shape index (κ1) is 14.6. The van der Waals surface area contributed by atoms with E-state index in [1.807, 2.05) is 0 Å². The first-order chi connectivity index (χ1) is 8.12. The third-order valence-electron chi connectivity index (χ3n) is 2.11. The minimum Gasteiger partial charge on any atom is -0.481 e. The Hall–Kier alpha value is -1.47. The minimum atomic E-state index is -3.94. The zero-order valence-corrected chi connectivity index (χ0v) is 10.8. The molecule has 0 saturated heterocycles. The molecule has 1 aromatic carbocycles. The van der Waals surface area contributed by atoms with E-state index in [1.165, 1.54) is 26.0 Å². The maximum atomic E-state index is 13.0. The molecule has 0 aliphatic carbocycles. The number of nitrogens with one attached hydrogen (secondary N) is 1. The number of rotatable bonds is 5. The molecule has 7 heteroatoms. The number of carboxylic acid groups (broad SMARTS) is 1. The molecule has 0 amide bonds. The summed E-state index contributed by atoms with van der Waals surface area (Å²) in [7, 11) is -3.94. The Morgan fingerprint density at radius 3 is 2.56 bits per heavy atom. The second-order valence-corrected chi connectivity index (χ2v) is 6.20. The molecule has 18 heavy (non-hydrogen) atoms. The van der Waals surface area contributed by atoms with Gasteiger partial charge in [0.2, 0.25) is 10.0 Å². The first-order valence-corrected chi connectivity index (χ1v) is 6.62. The van der Waals surface area contributed by atoms with Crippen LogP contribution in [0.25, 0.3) is 0 Å². The lowest BCUT2D eigenvalue weighted by molar-refractivity contribution is -0.138. The summed E-state index contributed by atoms with van der Waals surface area (Å²) in [5.74, 6) is -1.80. The summed E-state index contributed by atoms with van der Waals surface area (Å²) in [5.41, 5.74) is -1.16. The van der Waals surface area contributed by atoms with Crippen molar-refractivity contribution in [3.05, 3.63) is 30.1 Å². The van der Waals surface area contributed by atoms with Crippen molar-refractivity contribution in [1.82, 2.24) is 4.72 Å². The molecule has 1 rings (SSSR count). The van der Waals surface area contributed by atoms with Crippen LogP contribution < -0.4 is 4.72 Å². The Bertz CT molecular complexity index is 554. The Kier molecular flexibility index (Phi) is 4.08. The highest BCUT2D eigenvalue weighted by molar-refractivity contribution is 7.89. The molecule has 0 spiro atoms. The molecule has 0 aliphatic heterocycles. The predicted molar refractivity (Wildman–Crippen MR) is 63.1 cm³/mol. The maximum absolute atomic E-state index is 13.0. The number of halogens is 1. The normalized spacial score (nSPS) is 12.4. The predicted octanol–water partition coefficient (Wildman–Crippen LogP) is 1.36. The quantitative estimate of drug-likeness (QED) is 0.849. The number of sulfonamides is 1. The van der Waals surface area contributed by atoms with E-state index in [4.69, 9.17) is 5.11 Å². The average molecular weight is 275 g/mol. The molecule has 0 unspecified atom stereocenters. The van der Waals surface area contributed by atoms with Crippen LogP contribution in [0.2, 0.25) is 0 Å². The number of benzene rings is 1. The highest BCUT2D eigenvalue weighted by Gasteiger charge is 2.28. The van der Waals surface area contributed by atoms with Gasteiger partial charge in [-0.25, -0.2) is 17.5 Å². The number of carbonyl (C=O) groups is 1. The lowest BCUT2D eigenvalue weighted by atomic mass is 10.0. The lowest BCUT2D eigenvalue weighted by Gasteiger charge is -2.23. The van der Waals surface area contributed by atoms with Crippen LogP contribution in [0.1, 0.15) is 20.3 Å². The van der Waals surface area contributed by atoms with E-state index in [1.54, 1.807) is 0 Å². The van der Waals surface area contributed by atoms with Crippen LogP contribution in [-0.2, 0) is 14.8 Å². The van der Waals surface area contributed by atoms with E-state index in [-0.39, 0.29) is 11.3 Å². The number of carboxylic acids is 1. The standard InChI is InChI=1S/C11H14FNO4S/c1-11(2,7-10(14)15)13-18(16,17)9-5-3-4-8(12)6-9/h3-6,13H,7H2,1-2H3,(H,14,15). The largest absolute Gasteiger partial charge is 0.481 e. The number of aliphatic carboxylic acids is 1. The molecule has 100 valence electrons. The molecule has 2 N–H and O–H groups in total. The number of hydrogen-bond acceptors (Lipinski definition) is 3. The van der Waals surface area contributed by atoms with Gasteiger partial charge in [0.15, 0.2) is 0 Å². The van der Waals surface area contributed by atoms with Crippen molar-refractivity contribution in [2.45, 2.75) is 30.7 Å². The van der Waals surface area contributed by atoms with Crippen molar-refractivity contribution in [3.8, 4) is 0 Å². The van der Waals surface area contributed by atoms with Crippen LogP contribution in [0, 0.1) is 5.82 Å². The highest BCUT2D eigenvalue weighted by Crippen LogP contribution is 2.16. The van der Waals surface area contributed by atoms with E-state index in [0.717, 1.165) is 12.1 Å². The van der Waals surface area contributed by atoms with Gasteiger partial charge in [-0.2, -0.15) is 0 Å². The molecule has 0 atom stereocenters. The minimum absolute atomic E-state index is 0.235. The second kappa shape index (κ2) is 5.03. The summed E-state index contributed by atoms with van der Waals surface area (Å²) < 4.78 is 39.0. The molecule has 1 aromatic rings. The zero-order valence-electron chi connectivity index (χ0n) is 9.97. The molecule has 0 aromatic heterocycles. The summed E-state index contributed by atoms with van der Waals surface area (Å²) in [6.45, 7) is 2.88. The first-order valence-electron chi connectivity index (χ1n) is 5.14. The van der Waals surface area contributed by atoms with E-state index in [2.05, 4.69) is 4.72 Å². The van der Waals surface area contributed by atoms with Crippen molar-refractivity contribution < 1.29 is 22.7 Å². The van der Waals surface area contributed by atoms with E-state index >= 15 is 0 Å². The zero-order chi connectivity index (χ0) is 14.0. The molecule has 0 bridgehead atoms. The van der Waals surface area contributed by atoms with Gasteiger partial charge in [0.05, 0.1) is 11.3 Å². The van der Waals surface area contributed by atoms with Crippen molar-refractivity contribution in [3.63, 3.8) is 0 Å². The van der Waals surface area contributed by atoms with Crippen LogP contribution in [0.3, 0.4) is 0 Å². The Balaban J connectivity index is 2.99. The van der Waals surface area contributed by atoms with Gasteiger partial charge in [-0.3, -0.25) is 4.79 Å².